The van der Waals surface area contributed by atoms with E-state index in [2.05, 4.69) is 10.4 Å². The number of rotatable bonds is 5. The monoisotopic (exact) mass is 312 g/mol. The van der Waals surface area contributed by atoms with Gasteiger partial charge in [-0.1, -0.05) is 30.3 Å². The van der Waals surface area contributed by atoms with Gasteiger partial charge in [-0.15, -0.1) is 11.3 Å². The summed E-state index contributed by atoms with van der Waals surface area (Å²) in [5, 5.41) is 8.97. The summed E-state index contributed by atoms with van der Waals surface area (Å²) in [5.74, 6) is -0.125. The van der Waals surface area contributed by atoms with Crippen molar-refractivity contribution in [3.8, 4) is 11.1 Å². The van der Waals surface area contributed by atoms with Crippen LogP contribution < -0.4 is 11.1 Å². The molecule has 0 aliphatic heterocycles. The third-order valence-corrected chi connectivity index (χ3v) is 4.11. The first-order valence-electron chi connectivity index (χ1n) is 6.94. The number of nitrogens with one attached hydrogen (secondary N) is 1. The van der Waals surface area contributed by atoms with Crippen LogP contribution in [0.2, 0.25) is 0 Å². The molecule has 3 rings (SSSR count). The summed E-state index contributed by atoms with van der Waals surface area (Å²) >= 11 is 1.43. The SMILES string of the molecule is NCCn1cc(NC(=O)c2cc(-c3ccccc3)cs2)cn1. The van der Waals surface area contributed by atoms with Crippen LogP contribution in [0.3, 0.4) is 0 Å². The largest absolute Gasteiger partial charge is 0.329 e. The second-order valence-corrected chi connectivity index (χ2v) is 5.71. The Morgan fingerprint density at radius 2 is 2.09 bits per heavy atom. The highest BCUT2D eigenvalue weighted by molar-refractivity contribution is 7.12. The van der Waals surface area contributed by atoms with Crippen LogP contribution in [-0.4, -0.2) is 22.2 Å². The molecular weight excluding hydrogens is 296 g/mol. The highest BCUT2D eigenvalue weighted by Gasteiger charge is 2.11. The fourth-order valence-corrected chi connectivity index (χ4v) is 2.92. The first-order chi connectivity index (χ1) is 10.8. The number of nitrogens with zero attached hydrogens (tertiary/aromatic N) is 2. The van der Waals surface area contributed by atoms with Crippen molar-refractivity contribution < 1.29 is 4.79 Å². The topological polar surface area (TPSA) is 72.9 Å². The summed E-state index contributed by atoms with van der Waals surface area (Å²) in [7, 11) is 0. The van der Waals surface area contributed by atoms with Crippen LogP contribution in [0.4, 0.5) is 5.69 Å². The van der Waals surface area contributed by atoms with E-state index in [4.69, 9.17) is 5.73 Å². The molecule has 0 atom stereocenters. The number of anilines is 1. The molecule has 1 amide bonds. The smallest absolute Gasteiger partial charge is 0.265 e. The third-order valence-electron chi connectivity index (χ3n) is 3.18. The van der Waals surface area contributed by atoms with Gasteiger partial charge < -0.3 is 11.1 Å². The molecule has 3 N–H and O–H groups in total. The Labute approximate surface area is 132 Å². The van der Waals surface area contributed by atoms with Crippen molar-refractivity contribution >= 4 is 22.9 Å². The fraction of sp³-hybridized carbons (Fsp3) is 0.125. The molecule has 0 unspecified atom stereocenters. The number of hydrogen-bond acceptors (Lipinski definition) is 4. The molecule has 5 nitrogen and oxygen atoms in total. The van der Waals surface area contributed by atoms with Gasteiger partial charge in [0, 0.05) is 12.7 Å². The van der Waals surface area contributed by atoms with E-state index in [1.807, 2.05) is 41.8 Å². The number of carbonyl (C=O) groups is 1. The standard InChI is InChI=1S/C16H16N4OS/c17-6-7-20-10-14(9-18-20)19-16(21)15-8-13(11-22-15)12-4-2-1-3-5-12/h1-5,8-11H,6-7,17H2,(H,19,21). The molecule has 0 saturated carbocycles. The second-order valence-electron chi connectivity index (χ2n) is 4.80. The van der Waals surface area contributed by atoms with Gasteiger partial charge in [0.2, 0.25) is 0 Å². The normalized spacial score (nSPS) is 10.6. The molecular formula is C16H16N4OS. The molecule has 1 aromatic carbocycles. The van der Waals surface area contributed by atoms with E-state index in [9.17, 15) is 4.79 Å². The zero-order valence-corrected chi connectivity index (χ0v) is 12.7. The van der Waals surface area contributed by atoms with Gasteiger partial charge in [0.1, 0.15) is 0 Å². The van der Waals surface area contributed by atoms with Gasteiger partial charge in [-0.25, -0.2) is 0 Å². The van der Waals surface area contributed by atoms with Crippen molar-refractivity contribution in [2.24, 2.45) is 5.73 Å². The van der Waals surface area contributed by atoms with Gasteiger partial charge in [-0.3, -0.25) is 9.48 Å². The molecule has 6 heteroatoms. The van der Waals surface area contributed by atoms with Crippen LogP contribution in [0.15, 0.2) is 54.2 Å². The maximum Gasteiger partial charge on any atom is 0.265 e. The van der Waals surface area contributed by atoms with E-state index in [1.54, 1.807) is 17.1 Å². The van der Waals surface area contributed by atoms with E-state index in [0.717, 1.165) is 11.1 Å². The van der Waals surface area contributed by atoms with E-state index < -0.39 is 0 Å². The molecule has 112 valence electrons. The molecule has 0 bridgehead atoms. The quantitative estimate of drug-likeness (QED) is 0.761. The molecule has 3 aromatic rings. The van der Waals surface area contributed by atoms with Gasteiger partial charge in [-0.05, 0) is 22.6 Å². The van der Waals surface area contributed by atoms with Gasteiger partial charge in [0.05, 0.1) is 23.3 Å². The summed E-state index contributed by atoms with van der Waals surface area (Å²) in [6, 6.07) is 11.9. The Morgan fingerprint density at radius 1 is 1.27 bits per heavy atom. The first-order valence-corrected chi connectivity index (χ1v) is 7.82. The molecule has 0 fully saturated rings. The van der Waals surface area contributed by atoms with Crippen LogP contribution in [0.5, 0.6) is 0 Å². The van der Waals surface area contributed by atoms with Crippen molar-refractivity contribution in [3.63, 3.8) is 0 Å². The van der Waals surface area contributed by atoms with Crippen molar-refractivity contribution in [2.45, 2.75) is 6.54 Å². The fourth-order valence-electron chi connectivity index (χ4n) is 2.11. The van der Waals surface area contributed by atoms with Crippen molar-refractivity contribution in [2.75, 3.05) is 11.9 Å². The maximum atomic E-state index is 12.3. The minimum Gasteiger partial charge on any atom is -0.329 e. The van der Waals surface area contributed by atoms with Crippen molar-refractivity contribution in [1.29, 1.82) is 0 Å². The summed E-state index contributed by atoms with van der Waals surface area (Å²) in [4.78, 5) is 12.9. The zero-order chi connectivity index (χ0) is 15.4. The lowest BCUT2D eigenvalue weighted by molar-refractivity contribution is 0.103. The van der Waals surface area contributed by atoms with Gasteiger partial charge in [-0.2, -0.15) is 5.10 Å². The molecule has 22 heavy (non-hydrogen) atoms. The third kappa shape index (κ3) is 3.24. The minimum atomic E-state index is -0.125. The second kappa shape index (κ2) is 6.55. The van der Waals surface area contributed by atoms with Gasteiger partial charge in [0.15, 0.2) is 0 Å². The Bertz CT molecular complexity index is 763. The number of carbonyl (C=O) groups excluding carboxylic acids is 1. The number of benzene rings is 1. The lowest BCUT2D eigenvalue weighted by atomic mass is 10.1. The number of aromatic nitrogens is 2. The zero-order valence-electron chi connectivity index (χ0n) is 11.9. The summed E-state index contributed by atoms with van der Waals surface area (Å²) < 4.78 is 1.71. The molecule has 0 saturated heterocycles. The van der Waals surface area contributed by atoms with Crippen molar-refractivity contribution in [3.05, 3.63) is 59.0 Å². The lowest BCUT2D eigenvalue weighted by Gasteiger charge is -1.99. The van der Waals surface area contributed by atoms with E-state index >= 15 is 0 Å². The van der Waals surface area contributed by atoms with Crippen LogP contribution in [0, 0.1) is 0 Å². The summed E-state index contributed by atoms with van der Waals surface area (Å²) in [5.41, 5.74) is 8.30. The maximum absolute atomic E-state index is 12.3. The average molecular weight is 312 g/mol. The average Bonchev–Trinajstić information content (AvgIpc) is 3.18. The number of hydrogen-bond donors (Lipinski definition) is 2. The van der Waals surface area contributed by atoms with E-state index in [1.165, 1.54) is 11.3 Å². The number of thiophene rings is 1. The molecule has 0 radical (unpaired) electrons. The lowest BCUT2D eigenvalue weighted by Crippen LogP contribution is -2.11. The van der Waals surface area contributed by atoms with Gasteiger partial charge >= 0.3 is 0 Å². The molecule has 2 heterocycles. The highest BCUT2D eigenvalue weighted by atomic mass is 32.1. The van der Waals surface area contributed by atoms with Crippen LogP contribution >= 0.6 is 11.3 Å². The van der Waals surface area contributed by atoms with Crippen LogP contribution in [-0.2, 0) is 6.54 Å². The highest BCUT2D eigenvalue weighted by Crippen LogP contribution is 2.26. The number of amides is 1. The van der Waals surface area contributed by atoms with Gasteiger partial charge in [0.25, 0.3) is 5.91 Å². The predicted octanol–water partition coefficient (Wildman–Crippen LogP) is 2.82. The predicted molar refractivity (Wildman–Crippen MR) is 89.0 cm³/mol. The van der Waals surface area contributed by atoms with E-state index in [0.29, 0.717) is 23.7 Å². The Balaban J connectivity index is 1.71. The first kappa shape index (κ1) is 14.5. The van der Waals surface area contributed by atoms with Crippen LogP contribution in [0.25, 0.3) is 11.1 Å². The summed E-state index contributed by atoms with van der Waals surface area (Å²) in [6.07, 6.45) is 3.40. The molecule has 0 spiro atoms. The van der Waals surface area contributed by atoms with E-state index in [-0.39, 0.29) is 5.91 Å². The molecule has 2 aromatic heterocycles. The summed E-state index contributed by atoms with van der Waals surface area (Å²) in [6.45, 7) is 1.15. The Morgan fingerprint density at radius 3 is 2.86 bits per heavy atom. The van der Waals surface area contributed by atoms with Crippen molar-refractivity contribution in [1.82, 2.24) is 9.78 Å². The van der Waals surface area contributed by atoms with Crippen LogP contribution in [0.1, 0.15) is 9.67 Å². The minimum absolute atomic E-state index is 0.125. The molecule has 0 aliphatic carbocycles. The molecule has 0 aliphatic rings. The number of nitrogens with two attached hydrogens (primary N) is 1. The Kier molecular flexibility index (Phi) is 4.32. The Hall–Kier alpha value is -2.44.